The van der Waals surface area contributed by atoms with Crippen molar-refractivity contribution >= 4 is 16.8 Å². The lowest BCUT2D eigenvalue weighted by atomic mass is 10.1. The molecule has 0 spiro atoms. The van der Waals surface area contributed by atoms with E-state index in [-0.39, 0.29) is 11.5 Å². The van der Waals surface area contributed by atoms with Crippen molar-refractivity contribution in [1.82, 2.24) is 9.47 Å². The molecule has 1 aliphatic heterocycles. The van der Waals surface area contributed by atoms with E-state index in [4.69, 9.17) is 9.47 Å². The van der Waals surface area contributed by atoms with Crippen LogP contribution in [0.25, 0.3) is 10.9 Å². The van der Waals surface area contributed by atoms with Crippen LogP contribution in [0.1, 0.15) is 13.8 Å². The molecule has 0 saturated carbocycles. The molecule has 1 aromatic heterocycles. The van der Waals surface area contributed by atoms with E-state index in [2.05, 4.69) is 0 Å². The standard InChI is InChI=1S/C17H22N2O3/c1-17(2)12-19(8-9-22-17)16(20)11-18-7-6-13-10-14(21-3)4-5-15(13)18/h4-7,10H,8-9,11-12H2,1-3H3. The van der Waals surface area contributed by atoms with Gasteiger partial charge in [0.15, 0.2) is 0 Å². The van der Waals surface area contributed by atoms with Crippen molar-refractivity contribution in [1.29, 1.82) is 0 Å². The maximum atomic E-state index is 12.5. The molecule has 0 N–H and O–H groups in total. The second-order valence-corrected chi connectivity index (χ2v) is 6.29. The van der Waals surface area contributed by atoms with Crippen LogP contribution in [0.15, 0.2) is 30.5 Å². The van der Waals surface area contributed by atoms with E-state index in [0.717, 1.165) is 16.7 Å². The Bertz CT molecular complexity index is 690. The number of amides is 1. The highest BCUT2D eigenvalue weighted by molar-refractivity contribution is 5.84. The minimum Gasteiger partial charge on any atom is -0.497 e. The molecule has 5 nitrogen and oxygen atoms in total. The summed E-state index contributed by atoms with van der Waals surface area (Å²) in [6.45, 7) is 6.29. The highest BCUT2D eigenvalue weighted by atomic mass is 16.5. The molecule has 0 bridgehead atoms. The van der Waals surface area contributed by atoms with E-state index in [0.29, 0.717) is 26.2 Å². The monoisotopic (exact) mass is 302 g/mol. The number of hydrogen-bond acceptors (Lipinski definition) is 3. The lowest BCUT2D eigenvalue weighted by Crippen LogP contribution is -2.51. The Morgan fingerprint density at radius 2 is 2.18 bits per heavy atom. The van der Waals surface area contributed by atoms with Crippen molar-refractivity contribution < 1.29 is 14.3 Å². The first-order chi connectivity index (χ1) is 10.5. The van der Waals surface area contributed by atoms with E-state index >= 15 is 0 Å². The third-order valence-electron chi connectivity index (χ3n) is 4.06. The van der Waals surface area contributed by atoms with Gasteiger partial charge in [-0.1, -0.05) is 0 Å². The first-order valence-corrected chi connectivity index (χ1v) is 7.53. The van der Waals surface area contributed by atoms with Crippen molar-refractivity contribution in [2.24, 2.45) is 0 Å². The molecule has 0 atom stereocenters. The molecule has 0 aliphatic carbocycles. The number of methoxy groups -OCH3 is 1. The van der Waals surface area contributed by atoms with Gasteiger partial charge >= 0.3 is 0 Å². The third-order valence-corrected chi connectivity index (χ3v) is 4.06. The smallest absolute Gasteiger partial charge is 0.242 e. The van der Waals surface area contributed by atoms with Crippen LogP contribution in [0.3, 0.4) is 0 Å². The van der Waals surface area contributed by atoms with Crippen LogP contribution in [0.4, 0.5) is 0 Å². The summed E-state index contributed by atoms with van der Waals surface area (Å²) in [6.07, 6.45) is 1.95. The largest absolute Gasteiger partial charge is 0.497 e. The molecule has 2 aromatic rings. The number of ether oxygens (including phenoxy) is 2. The van der Waals surface area contributed by atoms with Gasteiger partial charge in [-0.15, -0.1) is 0 Å². The predicted octanol–water partition coefficient (Wildman–Crippen LogP) is 2.29. The molecule has 0 unspecified atom stereocenters. The average Bonchev–Trinajstić information content (AvgIpc) is 2.88. The molecule has 0 radical (unpaired) electrons. The van der Waals surface area contributed by atoms with Crippen molar-refractivity contribution in [3.63, 3.8) is 0 Å². The van der Waals surface area contributed by atoms with Gasteiger partial charge in [-0.05, 0) is 38.1 Å². The van der Waals surface area contributed by atoms with Crippen LogP contribution in [0.2, 0.25) is 0 Å². The molecule has 1 saturated heterocycles. The molecule has 118 valence electrons. The second kappa shape index (κ2) is 5.65. The fourth-order valence-electron chi connectivity index (χ4n) is 2.92. The molecule has 1 fully saturated rings. The number of carbonyl (C=O) groups excluding carboxylic acids is 1. The average molecular weight is 302 g/mol. The fraction of sp³-hybridized carbons (Fsp3) is 0.471. The number of carbonyl (C=O) groups is 1. The summed E-state index contributed by atoms with van der Waals surface area (Å²) in [6, 6.07) is 7.90. The predicted molar refractivity (Wildman–Crippen MR) is 85.1 cm³/mol. The number of aromatic nitrogens is 1. The zero-order valence-corrected chi connectivity index (χ0v) is 13.3. The normalized spacial score (nSPS) is 17.7. The summed E-state index contributed by atoms with van der Waals surface area (Å²) >= 11 is 0. The van der Waals surface area contributed by atoms with E-state index < -0.39 is 0 Å². The molecular formula is C17H22N2O3. The maximum absolute atomic E-state index is 12.5. The summed E-state index contributed by atoms with van der Waals surface area (Å²) < 4.78 is 12.9. The van der Waals surface area contributed by atoms with E-state index in [1.165, 1.54) is 0 Å². The van der Waals surface area contributed by atoms with Gasteiger partial charge in [-0.3, -0.25) is 4.79 Å². The molecule has 3 rings (SSSR count). The molecule has 1 amide bonds. The van der Waals surface area contributed by atoms with E-state index in [9.17, 15) is 4.79 Å². The Morgan fingerprint density at radius 1 is 1.36 bits per heavy atom. The van der Waals surface area contributed by atoms with Gasteiger partial charge in [0.05, 0.1) is 19.3 Å². The number of nitrogens with zero attached hydrogens (tertiary/aromatic N) is 2. The number of benzene rings is 1. The molecule has 5 heteroatoms. The molecule has 1 aliphatic rings. The summed E-state index contributed by atoms with van der Waals surface area (Å²) in [5, 5.41) is 1.08. The Morgan fingerprint density at radius 3 is 2.91 bits per heavy atom. The van der Waals surface area contributed by atoms with Crippen molar-refractivity contribution in [3.05, 3.63) is 30.5 Å². The van der Waals surface area contributed by atoms with Crippen molar-refractivity contribution in [2.45, 2.75) is 26.0 Å². The summed E-state index contributed by atoms with van der Waals surface area (Å²) in [4.78, 5) is 14.4. The van der Waals surface area contributed by atoms with Crippen LogP contribution in [0, 0.1) is 0 Å². The first kappa shape index (κ1) is 14.9. The molecular weight excluding hydrogens is 280 g/mol. The van der Waals surface area contributed by atoms with Gasteiger partial charge in [0, 0.05) is 30.2 Å². The number of rotatable bonds is 3. The maximum Gasteiger partial charge on any atom is 0.242 e. The number of morpholine rings is 1. The van der Waals surface area contributed by atoms with E-state index in [1.807, 2.05) is 53.8 Å². The number of fused-ring (bicyclic) bond motifs is 1. The second-order valence-electron chi connectivity index (χ2n) is 6.29. The highest BCUT2D eigenvalue weighted by Gasteiger charge is 2.29. The first-order valence-electron chi connectivity index (χ1n) is 7.53. The van der Waals surface area contributed by atoms with Crippen LogP contribution < -0.4 is 4.74 Å². The minimum absolute atomic E-state index is 0.129. The summed E-state index contributed by atoms with van der Waals surface area (Å²) in [5.74, 6) is 0.955. The van der Waals surface area contributed by atoms with Gasteiger partial charge < -0.3 is 18.9 Å². The van der Waals surface area contributed by atoms with Gasteiger partial charge in [0.2, 0.25) is 5.91 Å². The van der Waals surface area contributed by atoms with E-state index in [1.54, 1.807) is 7.11 Å². The lowest BCUT2D eigenvalue weighted by molar-refractivity contribution is -0.146. The van der Waals surface area contributed by atoms with Gasteiger partial charge in [0.25, 0.3) is 0 Å². The van der Waals surface area contributed by atoms with Gasteiger partial charge in [-0.2, -0.15) is 0 Å². The van der Waals surface area contributed by atoms with Gasteiger partial charge in [0.1, 0.15) is 12.3 Å². The van der Waals surface area contributed by atoms with Gasteiger partial charge in [-0.25, -0.2) is 0 Å². The Balaban J connectivity index is 1.77. The fourth-order valence-corrected chi connectivity index (χ4v) is 2.92. The Hall–Kier alpha value is -2.01. The van der Waals surface area contributed by atoms with Crippen molar-refractivity contribution in [3.8, 4) is 5.75 Å². The van der Waals surface area contributed by atoms with Crippen LogP contribution in [0.5, 0.6) is 5.75 Å². The SMILES string of the molecule is COc1ccc2c(ccn2CC(=O)N2CCOC(C)(C)C2)c1. The molecule has 1 aromatic carbocycles. The summed E-state index contributed by atoms with van der Waals surface area (Å²) in [7, 11) is 1.65. The minimum atomic E-state index is -0.264. The van der Waals surface area contributed by atoms with Crippen LogP contribution in [-0.2, 0) is 16.1 Å². The quantitative estimate of drug-likeness (QED) is 0.874. The highest BCUT2D eigenvalue weighted by Crippen LogP contribution is 2.22. The molecule has 22 heavy (non-hydrogen) atoms. The third kappa shape index (κ3) is 2.95. The zero-order chi connectivity index (χ0) is 15.7. The Kier molecular flexibility index (Phi) is 3.83. The lowest BCUT2D eigenvalue weighted by Gasteiger charge is -2.38. The number of hydrogen-bond donors (Lipinski definition) is 0. The zero-order valence-electron chi connectivity index (χ0n) is 13.3. The van der Waals surface area contributed by atoms with Crippen LogP contribution >= 0.6 is 0 Å². The molecule has 2 heterocycles. The van der Waals surface area contributed by atoms with Crippen molar-refractivity contribution in [2.75, 3.05) is 26.8 Å². The Labute approximate surface area is 130 Å². The van der Waals surface area contributed by atoms with Crippen LogP contribution in [-0.4, -0.2) is 47.8 Å². The topological polar surface area (TPSA) is 43.7 Å². The summed E-state index contributed by atoms with van der Waals surface area (Å²) in [5.41, 5.74) is 0.779.